The van der Waals surface area contributed by atoms with E-state index in [-0.39, 0.29) is 12.5 Å². The van der Waals surface area contributed by atoms with Gasteiger partial charge in [0, 0.05) is 14.2 Å². The number of nitrogens with zero attached hydrogens (tertiary/aromatic N) is 1. The van der Waals surface area contributed by atoms with Crippen LogP contribution < -0.4 is 0 Å². The van der Waals surface area contributed by atoms with E-state index >= 15 is 0 Å². The third-order valence-electron chi connectivity index (χ3n) is 3.75. The van der Waals surface area contributed by atoms with Crippen molar-refractivity contribution < 1.29 is 24.2 Å². The number of rotatable bonds is 7. The van der Waals surface area contributed by atoms with Crippen molar-refractivity contribution >= 4 is 11.9 Å². The number of ether oxygens (including phenoxy) is 2. The molecule has 6 nitrogen and oxygen atoms in total. The smallest absolute Gasteiger partial charge is 0.329 e. The van der Waals surface area contributed by atoms with Crippen molar-refractivity contribution in [2.75, 3.05) is 34.0 Å². The van der Waals surface area contributed by atoms with Crippen molar-refractivity contribution in [2.24, 2.45) is 0 Å². The molecule has 0 aromatic rings. The first kappa shape index (κ1) is 15.9. The molecule has 1 rings (SSSR count). The topological polar surface area (TPSA) is 76.1 Å². The summed E-state index contributed by atoms with van der Waals surface area (Å²) < 4.78 is 9.98. The Labute approximate surface area is 113 Å². The van der Waals surface area contributed by atoms with E-state index in [1.54, 1.807) is 14.2 Å². The minimum Gasteiger partial charge on any atom is -0.479 e. The summed E-state index contributed by atoms with van der Waals surface area (Å²) in [5.41, 5.74) is -1.06. The Kier molecular flexibility index (Phi) is 6.24. The molecule has 0 radical (unpaired) electrons. The van der Waals surface area contributed by atoms with Gasteiger partial charge in [0.2, 0.25) is 5.91 Å². The highest BCUT2D eigenvalue weighted by Gasteiger charge is 2.45. The number of methoxy groups -OCH3 is 1. The summed E-state index contributed by atoms with van der Waals surface area (Å²) in [4.78, 5) is 24.9. The quantitative estimate of drug-likeness (QED) is 0.697. The average Bonchev–Trinajstić information content (AvgIpc) is 2.43. The molecular weight excluding hydrogens is 250 g/mol. The maximum absolute atomic E-state index is 12.0. The lowest BCUT2D eigenvalue weighted by Gasteiger charge is -2.40. The fourth-order valence-corrected chi connectivity index (χ4v) is 2.47. The van der Waals surface area contributed by atoms with Crippen LogP contribution in [0.4, 0.5) is 0 Å². The molecule has 1 aliphatic rings. The van der Waals surface area contributed by atoms with Crippen LogP contribution in [0.1, 0.15) is 32.1 Å². The number of carboxylic acid groups (broad SMARTS) is 1. The average molecular weight is 273 g/mol. The zero-order valence-electron chi connectivity index (χ0n) is 11.7. The van der Waals surface area contributed by atoms with Crippen molar-refractivity contribution in [1.82, 2.24) is 4.90 Å². The number of amides is 1. The number of hydrogen-bond acceptors (Lipinski definition) is 4. The van der Waals surface area contributed by atoms with Crippen molar-refractivity contribution in [3.8, 4) is 0 Å². The summed E-state index contributed by atoms with van der Waals surface area (Å²) in [7, 11) is 3.11. The van der Waals surface area contributed by atoms with Gasteiger partial charge in [-0.2, -0.15) is 0 Å². The Bertz CT molecular complexity index is 312. The molecule has 1 saturated carbocycles. The summed E-state index contributed by atoms with van der Waals surface area (Å²) >= 11 is 0. The Morgan fingerprint density at radius 2 is 1.84 bits per heavy atom. The molecular formula is C13H23NO5. The molecule has 1 amide bonds. The molecule has 0 aromatic carbocycles. The van der Waals surface area contributed by atoms with Gasteiger partial charge < -0.3 is 19.5 Å². The predicted molar refractivity (Wildman–Crippen MR) is 68.9 cm³/mol. The molecule has 0 atom stereocenters. The Morgan fingerprint density at radius 3 is 2.37 bits per heavy atom. The fraction of sp³-hybridized carbons (Fsp3) is 0.846. The number of hydrogen-bond donors (Lipinski definition) is 1. The van der Waals surface area contributed by atoms with Gasteiger partial charge in [-0.1, -0.05) is 19.3 Å². The molecule has 6 heteroatoms. The summed E-state index contributed by atoms with van der Waals surface area (Å²) in [5.74, 6) is -1.21. The van der Waals surface area contributed by atoms with Crippen molar-refractivity contribution in [1.29, 1.82) is 0 Å². The van der Waals surface area contributed by atoms with Crippen LogP contribution in [0, 0.1) is 0 Å². The second-order valence-electron chi connectivity index (χ2n) is 4.90. The maximum atomic E-state index is 12.0. The largest absolute Gasteiger partial charge is 0.479 e. The molecule has 0 aliphatic heterocycles. The van der Waals surface area contributed by atoms with E-state index in [2.05, 4.69) is 0 Å². The molecule has 1 fully saturated rings. The molecule has 1 aliphatic carbocycles. The minimum atomic E-state index is -1.06. The zero-order valence-corrected chi connectivity index (χ0v) is 11.7. The number of aliphatic carboxylic acids is 1. The fourth-order valence-electron chi connectivity index (χ4n) is 2.47. The summed E-state index contributed by atoms with van der Waals surface area (Å²) in [5, 5.41) is 9.46. The lowest BCUT2D eigenvalue weighted by molar-refractivity contribution is -0.162. The summed E-state index contributed by atoms with van der Waals surface area (Å²) in [6.07, 6.45) is 3.75. The summed E-state index contributed by atoms with van der Waals surface area (Å²) in [6.45, 7) is 0.645. The van der Waals surface area contributed by atoms with Gasteiger partial charge in [-0.15, -0.1) is 0 Å². The first-order valence-corrected chi connectivity index (χ1v) is 6.61. The number of carbonyl (C=O) groups excluding carboxylic acids is 1. The van der Waals surface area contributed by atoms with Gasteiger partial charge in [-0.25, -0.2) is 4.79 Å². The van der Waals surface area contributed by atoms with Gasteiger partial charge in [-0.05, 0) is 12.8 Å². The van der Waals surface area contributed by atoms with Gasteiger partial charge in [0.05, 0.1) is 13.2 Å². The highest BCUT2D eigenvalue weighted by atomic mass is 16.5. The predicted octanol–water partition coefficient (Wildman–Crippen LogP) is 0.895. The third kappa shape index (κ3) is 3.91. The Balaban J connectivity index is 2.58. The lowest BCUT2D eigenvalue weighted by Crippen LogP contribution is -2.57. The first-order chi connectivity index (χ1) is 9.04. The molecule has 0 unspecified atom stereocenters. The van der Waals surface area contributed by atoms with Crippen LogP contribution in [0.2, 0.25) is 0 Å². The molecule has 19 heavy (non-hydrogen) atoms. The van der Waals surface area contributed by atoms with E-state index in [0.717, 1.165) is 19.3 Å². The second kappa shape index (κ2) is 7.45. The molecule has 110 valence electrons. The van der Waals surface area contributed by atoms with E-state index in [4.69, 9.17) is 9.47 Å². The Morgan fingerprint density at radius 1 is 1.21 bits per heavy atom. The van der Waals surface area contributed by atoms with E-state index in [1.807, 2.05) is 0 Å². The van der Waals surface area contributed by atoms with E-state index in [9.17, 15) is 14.7 Å². The maximum Gasteiger partial charge on any atom is 0.329 e. The van der Waals surface area contributed by atoms with Crippen LogP contribution in [0.25, 0.3) is 0 Å². The van der Waals surface area contributed by atoms with Crippen LogP contribution in [0.15, 0.2) is 0 Å². The molecule has 0 bridgehead atoms. The molecule has 0 spiro atoms. The SMILES string of the molecule is COCCOCC(=O)N(C)C1(C(=O)O)CCCCC1. The monoisotopic (exact) mass is 273 g/mol. The van der Waals surface area contributed by atoms with Crippen molar-refractivity contribution in [2.45, 2.75) is 37.6 Å². The second-order valence-corrected chi connectivity index (χ2v) is 4.90. The Hall–Kier alpha value is -1.14. The normalized spacial score (nSPS) is 18.0. The molecule has 0 aromatic heterocycles. The van der Waals surface area contributed by atoms with Gasteiger partial charge >= 0.3 is 5.97 Å². The minimum absolute atomic E-state index is 0.102. The molecule has 1 N–H and O–H groups in total. The number of carbonyl (C=O) groups is 2. The van der Waals surface area contributed by atoms with E-state index < -0.39 is 11.5 Å². The van der Waals surface area contributed by atoms with Gasteiger partial charge in [0.15, 0.2) is 0 Å². The molecule has 0 heterocycles. The van der Waals surface area contributed by atoms with Crippen molar-refractivity contribution in [3.05, 3.63) is 0 Å². The van der Waals surface area contributed by atoms with Crippen LogP contribution in [0.5, 0.6) is 0 Å². The highest BCUT2D eigenvalue weighted by molar-refractivity contribution is 5.87. The zero-order chi connectivity index (χ0) is 14.3. The van der Waals surface area contributed by atoms with Gasteiger partial charge in [0.1, 0.15) is 12.1 Å². The van der Waals surface area contributed by atoms with Crippen molar-refractivity contribution in [3.63, 3.8) is 0 Å². The van der Waals surface area contributed by atoms with Crippen LogP contribution in [-0.4, -0.2) is 61.4 Å². The molecule has 0 saturated heterocycles. The van der Waals surface area contributed by atoms with E-state index in [0.29, 0.717) is 26.1 Å². The standard InChI is InChI=1S/C13H23NO5/c1-14(11(15)10-19-9-8-18-2)13(12(16)17)6-4-3-5-7-13/h3-10H2,1-2H3,(H,16,17). The summed E-state index contributed by atoms with van der Waals surface area (Å²) in [6, 6.07) is 0. The van der Waals surface area contributed by atoms with Crippen LogP contribution in [0.3, 0.4) is 0 Å². The highest BCUT2D eigenvalue weighted by Crippen LogP contribution is 2.33. The number of carboxylic acids is 1. The van der Waals surface area contributed by atoms with Gasteiger partial charge in [0.25, 0.3) is 0 Å². The van der Waals surface area contributed by atoms with Crippen LogP contribution >= 0.6 is 0 Å². The van der Waals surface area contributed by atoms with E-state index in [1.165, 1.54) is 4.90 Å². The van der Waals surface area contributed by atoms with Crippen LogP contribution in [-0.2, 0) is 19.1 Å². The number of likely N-dealkylation sites (N-methyl/N-ethyl adjacent to an activating group) is 1. The van der Waals surface area contributed by atoms with Gasteiger partial charge in [-0.3, -0.25) is 4.79 Å². The first-order valence-electron chi connectivity index (χ1n) is 6.61. The lowest BCUT2D eigenvalue weighted by atomic mass is 9.80. The third-order valence-corrected chi connectivity index (χ3v) is 3.75.